The standard InChI is InChI=1S/C47H86O6/c1-4-7-10-13-15-17-19-21-23-25-27-29-31-34-37-40-46(49)52-43-44(42-51-45(48)39-36-33-12-9-6-3)53-47(50)41-38-35-32-30-28-26-24-22-20-18-16-14-11-8-5-2/h21-24,44H,4-20,25-43H2,1-3H3/b23-21-,24-22-. The lowest BCUT2D eigenvalue weighted by Crippen LogP contribution is -2.30. The highest BCUT2D eigenvalue weighted by Crippen LogP contribution is 2.13. The van der Waals surface area contributed by atoms with Gasteiger partial charge in [-0.2, -0.15) is 0 Å². The second-order valence-electron chi connectivity index (χ2n) is 15.3. The van der Waals surface area contributed by atoms with Gasteiger partial charge in [-0.1, -0.05) is 173 Å². The Morgan fingerprint density at radius 2 is 0.623 bits per heavy atom. The molecular weight excluding hydrogens is 661 g/mol. The Labute approximate surface area is 328 Å². The fourth-order valence-corrected chi connectivity index (χ4v) is 6.43. The van der Waals surface area contributed by atoms with E-state index in [-0.39, 0.29) is 31.1 Å². The van der Waals surface area contributed by atoms with Crippen LogP contribution < -0.4 is 0 Å². The van der Waals surface area contributed by atoms with Gasteiger partial charge in [0.25, 0.3) is 0 Å². The number of rotatable bonds is 41. The molecule has 0 radical (unpaired) electrons. The topological polar surface area (TPSA) is 78.9 Å². The Balaban J connectivity index is 4.24. The normalized spacial score (nSPS) is 12.1. The molecule has 310 valence electrons. The highest BCUT2D eigenvalue weighted by atomic mass is 16.6. The van der Waals surface area contributed by atoms with Crippen molar-refractivity contribution in [1.82, 2.24) is 0 Å². The molecule has 6 heteroatoms. The largest absolute Gasteiger partial charge is 0.462 e. The molecule has 1 atom stereocenters. The number of esters is 3. The summed E-state index contributed by atoms with van der Waals surface area (Å²) in [6.07, 6.45) is 46.2. The number of hydrogen-bond acceptors (Lipinski definition) is 6. The summed E-state index contributed by atoms with van der Waals surface area (Å²) in [4.78, 5) is 37.5. The average molecular weight is 747 g/mol. The zero-order chi connectivity index (χ0) is 38.7. The van der Waals surface area contributed by atoms with Crippen molar-refractivity contribution in [2.45, 2.75) is 245 Å². The average Bonchev–Trinajstić information content (AvgIpc) is 3.15. The molecule has 6 nitrogen and oxygen atoms in total. The SMILES string of the molecule is CCCCCCCC/C=C\CCCCCCCC(=O)OCC(COC(=O)CCCCCCC)OC(=O)CCCCCCC/C=C\CCCCCCCC. The van der Waals surface area contributed by atoms with Crippen LogP contribution >= 0.6 is 0 Å². The molecule has 0 aliphatic carbocycles. The van der Waals surface area contributed by atoms with Crippen LogP contribution in [0.3, 0.4) is 0 Å². The van der Waals surface area contributed by atoms with E-state index in [9.17, 15) is 14.4 Å². The maximum absolute atomic E-state index is 12.7. The van der Waals surface area contributed by atoms with Crippen molar-refractivity contribution in [1.29, 1.82) is 0 Å². The summed E-state index contributed by atoms with van der Waals surface area (Å²) in [5.74, 6) is -0.904. The van der Waals surface area contributed by atoms with Crippen LogP contribution in [0.15, 0.2) is 24.3 Å². The van der Waals surface area contributed by atoms with Gasteiger partial charge in [0.15, 0.2) is 6.10 Å². The minimum atomic E-state index is -0.771. The predicted molar refractivity (Wildman–Crippen MR) is 224 cm³/mol. The molecule has 0 fully saturated rings. The smallest absolute Gasteiger partial charge is 0.306 e. The third kappa shape index (κ3) is 40.9. The number of carbonyl (C=O) groups is 3. The molecule has 0 aliphatic rings. The summed E-state index contributed by atoms with van der Waals surface area (Å²) in [6.45, 7) is 6.53. The van der Waals surface area contributed by atoms with Gasteiger partial charge in [0, 0.05) is 19.3 Å². The summed E-state index contributed by atoms with van der Waals surface area (Å²) in [5, 5.41) is 0. The molecule has 0 aliphatic heterocycles. The van der Waals surface area contributed by atoms with Gasteiger partial charge in [0.05, 0.1) is 0 Å². The van der Waals surface area contributed by atoms with E-state index in [2.05, 4.69) is 45.1 Å². The molecule has 0 bridgehead atoms. The molecule has 0 spiro atoms. The predicted octanol–water partition coefficient (Wildman–Crippen LogP) is 14.4. The highest BCUT2D eigenvalue weighted by molar-refractivity contribution is 5.71. The van der Waals surface area contributed by atoms with E-state index in [1.54, 1.807) is 0 Å². The molecule has 0 saturated carbocycles. The van der Waals surface area contributed by atoms with Gasteiger partial charge in [0.2, 0.25) is 0 Å². The summed E-state index contributed by atoms with van der Waals surface area (Å²) in [5.41, 5.74) is 0. The number of allylic oxidation sites excluding steroid dienone is 4. The van der Waals surface area contributed by atoms with Gasteiger partial charge < -0.3 is 14.2 Å². The van der Waals surface area contributed by atoms with Crippen LogP contribution in [0.25, 0.3) is 0 Å². The Kier molecular flexibility index (Phi) is 40.9. The van der Waals surface area contributed by atoms with E-state index in [4.69, 9.17) is 14.2 Å². The van der Waals surface area contributed by atoms with Crippen LogP contribution in [0.2, 0.25) is 0 Å². The van der Waals surface area contributed by atoms with Crippen LogP contribution in [0, 0.1) is 0 Å². The molecule has 0 N–H and O–H groups in total. The van der Waals surface area contributed by atoms with E-state index < -0.39 is 6.10 Å². The van der Waals surface area contributed by atoms with Gasteiger partial charge in [0.1, 0.15) is 13.2 Å². The van der Waals surface area contributed by atoms with Gasteiger partial charge >= 0.3 is 17.9 Å². The molecule has 53 heavy (non-hydrogen) atoms. The number of carbonyl (C=O) groups excluding carboxylic acids is 3. The molecular formula is C47H86O6. The van der Waals surface area contributed by atoms with E-state index in [0.717, 1.165) is 77.0 Å². The van der Waals surface area contributed by atoms with Gasteiger partial charge in [-0.25, -0.2) is 0 Å². The zero-order valence-electron chi connectivity index (χ0n) is 35.3. The molecule has 0 amide bonds. The van der Waals surface area contributed by atoms with Crippen LogP contribution in [0.5, 0.6) is 0 Å². The van der Waals surface area contributed by atoms with Crippen LogP contribution in [-0.2, 0) is 28.6 Å². The lowest BCUT2D eigenvalue weighted by molar-refractivity contribution is -0.167. The van der Waals surface area contributed by atoms with Crippen molar-refractivity contribution in [2.24, 2.45) is 0 Å². The van der Waals surface area contributed by atoms with Crippen LogP contribution in [0.1, 0.15) is 239 Å². The first-order valence-corrected chi connectivity index (χ1v) is 22.8. The minimum Gasteiger partial charge on any atom is -0.462 e. The van der Waals surface area contributed by atoms with E-state index in [1.807, 2.05) is 0 Å². The first kappa shape index (κ1) is 50.9. The van der Waals surface area contributed by atoms with Crippen LogP contribution in [0.4, 0.5) is 0 Å². The lowest BCUT2D eigenvalue weighted by atomic mass is 10.1. The molecule has 0 saturated heterocycles. The third-order valence-electron chi connectivity index (χ3n) is 9.93. The van der Waals surface area contributed by atoms with Crippen molar-refractivity contribution in [3.05, 3.63) is 24.3 Å². The molecule has 0 heterocycles. The Bertz CT molecular complexity index is 865. The Morgan fingerprint density at radius 3 is 0.943 bits per heavy atom. The Morgan fingerprint density at radius 1 is 0.358 bits per heavy atom. The first-order valence-electron chi connectivity index (χ1n) is 22.8. The molecule has 1 unspecified atom stereocenters. The monoisotopic (exact) mass is 747 g/mol. The molecule has 0 aromatic carbocycles. The second-order valence-corrected chi connectivity index (χ2v) is 15.3. The Hall–Kier alpha value is -2.11. The maximum atomic E-state index is 12.7. The summed E-state index contributed by atoms with van der Waals surface area (Å²) >= 11 is 0. The summed E-state index contributed by atoms with van der Waals surface area (Å²) in [6, 6.07) is 0. The third-order valence-corrected chi connectivity index (χ3v) is 9.93. The number of ether oxygens (including phenoxy) is 3. The van der Waals surface area contributed by atoms with Gasteiger partial charge in [-0.3, -0.25) is 14.4 Å². The van der Waals surface area contributed by atoms with E-state index in [1.165, 1.54) is 122 Å². The van der Waals surface area contributed by atoms with Crippen molar-refractivity contribution in [2.75, 3.05) is 13.2 Å². The minimum absolute atomic E-state index is 0.0768. The quantitative estimate of drug-likeness (QED) is 0.0268. The van der Waals surface area contributed by atoms with Crippen LogP contribution in [-0.4, -0.2) is 37.2 Å². The van der Waals surface area contributed by atoms with E-state index >= 15 is 0 Å². The second kappa shape index (κ2) is 42.6. The maximum Gasteiger partial charge on any atom is 0.306 e. The number of hydrogen-bond donors (Lipinski definition) is 0. The van der Waals surface area contributed by atoms with Gasteiger partial charge in [-0.15, -0.1) is 0 Å². The fourth-order valence-electron chi connectivity index (χ4n) is 6.43. The summed E-state index contributed by atoms with van der Waals surface area (Å²) < 4.78 is 16.6. The molecule has 0 aromatic heterocycles. The van der Waals surface area contributed by atoms with Crippen molar-refractivity contribution in [3.8, 4) is 0 Å². The van der Waals surface area contributed by atoms with E-state index in [0.29, 0.717) is 19.3 Å². The molecule has 0 aromatic rings. The zero-order valence-corrected chi connectivity index (χ0v) is 35.3. The van der Waals surface area contributed by atoms with Gasteiger partial charge in [-0.05, 0) is 70.6 Å². The molecule has 0 rings (SSSR count). The fraction of sp³-hybridized carbons (Fsp3) is 0.851. The van der Waals surface area contributed by atoms with Crippen molar-refractivity contribution in [3.63, 3.8) is 0 Å². The summed E-state index contributed by atoms with van der Waals surface area (Å²) in [7, 11) is 0. The lowest BCUT2D eigenvalue weighted by Gasteiger charge is -2.18. The highest BCUT2D eigenvalue weighted by Gasteiger charge is 2.19. The number of unbranched alkanes of at least 4 members (excludes halogenated alkanes) is 26. The first-order chi connectivity index (χ1) is 26.0. The van der Waals surface area contributed by atoms with Crippen molar-refractivity contribution < 1.29 is 28.6 Å². The van der Waals surface area contributed by atoms with Crippen molar-refractivity contribution >= 4 is 17.9 Å².